The van der Waals surface area contributed by atoms with Gasteiger partial charge in [-0.05, 0) is 12.1 Å². The molecule has 0 aliphatic heterocycles. The van der Waals surface area contributed by atoms with Gasteiger partial charge in [-0.2, -0.15) is 0 Å². The van der Waals surface area contributed by atoms with Crippen molar-refractivity contribution in [2.45, 2.75) is 12.8 Å². The molecule has 0 aliphatic carbocycles. The molecule has 0 unspecified atom stereocenters. The molecule has 0 radical (unpaired) electrons. The van der Waals surface area contributed by atoms with Crippen LogP contribution in [0.3, 0.4) is 0 Å². The van der Waals surface area contributed by atoms with Crippen LogP contribution in [0.15, 0.2) is 18.2 Å². The Labute approximate surface area is 103 Å². The number of halogens is 4. The van der Waals surface area contributed by atoms with Crippen molar-refractivity contribution in [3.8, 4) is 17.6 Å². The summed E-state index contributed by atoms with van der Waals surface area (Å²) in [6, 6.07) is 3.65. The SMILES string of the molecule is Fc1cc(C#CCCCl)cc(OCC(F)F)c1. The first-order valence-electron chi connectivity index (χ1n) is 4.88. The zero-order valence-electron chi connectivity index (χ0n) is 8.85. The molecule has 0 N–H and O–H groups in total. The van der Waals surface area contributed by atoms with Crippen LogP contribution in [0.4, 0.5) is 13.2 Å². The molecule has 92 valence electrons. The Balaban J connectivity index is 2.76. The van der Waals surface area contributed by atoms with Crippen molar-refractivity contribution in [3.05, 3.63) is 29.6 Å². The minimum absolute atomic E-state index is 0.0421. The van der Waals surface area contributed by atoms with Crippen LogP contribution >= 0.6 is 11.6 Å². The lowest BCUT2D eigenvalue weighted by molar-refractivity contribution is 0.0817. The average molecular weight is 263 g/mol. The zero-order valence-corrected chi connectivity index (χ0v) is 9.61. The van der Waals surface area contributed by atoms with Gasteiger partial charge >= 0.3 is 0 Å². The highest BCUT2D eigenvalue weighted by molar-refractivity contribution is 6.18. The predicted molar refractivity (Wildman–Crippen MR) is 60.1 cm³/mol. The Morgan fingerprint density at radius 2 is 2.06 bits per heavy atom. The highest BCUT2D eigenvalue weighted by atomic mass is 35.5. The zero-order chi connectivity index (χ0) is 12.7. The van der Waals surface area contributed by atoms with E-state index in [2.05, 4.69) is 11.8 Å². The number of ether oxygens (including phenoxy) is 1. The van der Waals surface area contributed by atoms with Crippen molar-refractivity contribution < 1.29 is 17.9 Å². The lowest BCUT2D eigenvalue weighted by atomic mass is 10.2. The van der Waals surface area contributed by atoms with E-state index in [0.717, 1.165) is 6.07 Å². The van der Waals surface area contributed by atoms with Crippen LogP contribution in [0, 0.1) is 17.7 Å². The monoisotopic (exact) mass is 262 g/mol. The van der Waals surface area contributed by atoms with E-state index in [-0.39, 0.29) is 5.75 Å². The maximum absolute atomic E-state index is 13.1. The number of benzene rings is 1. The van der Waals surface area contributed by atoms with Crippen LogP contribution < -0.4 is 4.74 Å². The second-order valence-corrected chi connectivity index (χ2v) is 3.50. The molecular weight excluding hydrogens is 253 g/mol. The molecule has 0 aliphatic rings. The van der Waals surface area contributed by atoms with Gasteiger partial charge in [0, 0.05) is 23.9 Å². The van der Waals surface area contributed by atoms with Crippen LogP contribution in [0.25, 0.3) is 0 Å². The molecule has 0 fully saturated rings. The molecule has 1 nitrogen and oxygen atoms in total. The Morgan fingerprint density at radius 1 is 1.29 bits per heavy atom. The summed E-state index contributed by atoms with van der Waals surface area (Å²) in [6.45, 7) is -0.766. The Bertz CT molecular complexity index is 423. The first-order chi connectivity index (χ1) is 8.11. The minimum Gasteiger partial charge on any atom is -0.487 e. The summed E-state index contributed by atoms with van der Waals surface area (Å²) in [7, 11) is 0. The average Bonchev–Trinajstić information content (AvgIpc) is 2.26. The van der Waals surface area contributed by atoms with E-state index < -0.39 is 18.8 Å². The Hall–Kier alpha value is -1.34. The third kappa shape index (κ3) is 5.50. The molecule has 0 bridgehead atoms. The van der Waals surface area contributed by atoms with Crippen molar-refractivity contribution in [2.24, 2.45) is 0 Å². The fourth-order valence-corrected chi connectivity index (χ4v) is 1.18. The standard InChI is InChI=1S/C12H10ClF3O/c13-4-2-1-3-9-5-10(14)7-11(6-9)17-8-12(15)16/h5-7,12H,2,4,8H2. The van der Waals surface area contributed by atoms with Gasteiger partial charge in [0.2, 0.25) is 0 Å². The van der Waals surface area contributed by atoms with Crippen LogP contribution in [0.2, 0.25) is 0 Å². The predicted octanol–water partition coefficient (Wildman–Crippen LogP) is 3.45. The maximum Gasteiger partial charge on any atom is 0.272 e. The summed E-state index contributed by atoms with van der Waals surface area (Å²) < 4.78 is 41.6. The number of hydrogen-bond donors (Lipinski definition) is 0. The van der Waals surface area contributed by atoms with E-state index in [1.807, 2.05) is 0 Å². The van der Waals surface area contributed by atoms with Crippen LogP contribution in [0.5, 0.6) is 5.75 Å². The molecule has 5 heteroatoms. The van der Waals surface area contributed by atoms with Crippen molar-refractivity contribution in [3.63, 3.8) is 0 Å². The molecule has 0 heterocycles. The first kappa shape index (κ1) is 13.7. The molecule has 1 aromatic carbocycles. The van der Waals surface area contributed by atoms with Gasteiger partial charge in [0.25, 0.3) is 6.43 Å². The number of rotatable bonds is 4. The van der Waals surface area contributed by atoms with E-state index in [1.165, 1.54) is 12.1 Å². The van der Waals surface area contributed by atoms with Gasteiger partial charge < -0.3 is 4.74 Å². The Morgan fingerprint density at radius 3 is 2.71 bits per heavy atom. The van der Waals surface area contributed by atoms with Crippen LogP contribution in [-0.2, 0) is 0 Å². The quantitative estimate of drug-likeness (QED) is 0.597. The highest BCUT2D eigenvalue weighted by Gasteiger charge is 2.05. The van der Waals surface area contributed by atoms with Crippen LogP contribution in [-0.4, -0.2) is 18.9 Å². The van der Waals surface area contributed by atoms with Crippen molar-refractivity contribution in [2.75, 3.05) is 12.5 Å². The van der Waals surface area contributed by atoms with Gasteiger partial charge in [-0.25, -0.2) is 13.2 Å². The fourth-order valence-electron chi connectivity index (χ4n) is 1.09. The molecular formula is C12H10ClF3O. The van der Waals surface area contributed by atoms with E-state index in [9.17, 15) is 13.2 Å². The molecule has 1 rings (SSSR count). The van der Waals surface area contributed by atoms with E-state index >= 15 is 0 Å². The second kappa shape index (κ2) is 7.08. The summed E-state index contributed by atoms with van der Waals surface area (Å²) in [5.74, 6) is 5.24. The van der Waals surface area contributed by atoms with E-state index in [4.69, 9.17) is 16.3 Å². The van der Waals surface area contributed by atoms with Gasteiger partial charge in [0.1, 0.15) is 18.2 Å². The van der Waals surface area contributed by atoms with E-state index in [1.54, 1.807) is 0 Å². The summed E-state index contributed by atoms with van der Waals surface area (Å²) in [4.78, 5) is 0. The van der Waals surface area contributed by atoms with Crippen molar-refractivity contribution in [1.82, 2.24) is 0 Å². The molecule has 17 heavy (non-hydrogen) atoms. The summed E-state index contributed by atoms with van der Waals surface area (Å²) in [5, 5.41) is 0. The van der Waals surface area contributed by atoms with Crippen molar-refractivity contribution >= 4 is 11.6 Å². The molecule has 0 atom stereocenters. The molecule has 0 saturated carbocycles. The van der Waals surface area contributed by atoms with Crippen molar-refractivity contribution in [1.29, 1.82) is 0 Å². The smallest absolute Gasteiger partial charge is 0.272 e. The molecule has 0 saturated heterocycles. The third-order valence-electron chi connectivity index (χ3n) is 1.70. The van der Waals surface area contributed by atoms with Gasteiger partial charge in [-0.3, -0.25) is 0 Å². The largest absolute Gasteiger partial charge is 0.487 e. The lowest BCUT2D eigenvalue weighted by Gasteiger charge is -2.05. The highest BCUT2D eigenvalue weighted by Crippen LogP contribution is 2.16. The van der Waals surface area contributed by atoms with Gasteiger partial charge in [0.05, 0.1) is 0 Å². The number of hydrogen-bond acceptors (Lipinski definition) is 1. The summed E-state index contributed by atoms with van der Waals surface area (Å²) in [5.41, 5.74) is 0.374. The Kier molecular flexibility index (Phi) is 5.71. The summed E-state index contributed by atoms with van der Waals surface area (Å²) in [6.07, 6.45) is -2.12. The fraction of sp³-hybridized carbons (Fsp3) is 0.333. The second-order valence-electron chi connectivity index (χ2n) is 3.12. The third-order valence-corrected chi connectivity index (χ3v) is 1.89. The van der Waals surface area contributed by atoms with Gasteiger partial charge in [0.15, 0.2) is 0 Å². The minimum atomic E-state index is -2.59. The molecule has 0 spiro atoms. The molecule has 0 aromatic heterocycles. The topological polar surface area (TPSA) is 9.23 Å². The normalized spacial score (nSPS) is 9.94. The number of alkyl halides is 3. The van der Waals surface area contributed by atoms with Gasteiger partial charge in [-0.15, -0.1) is 11.6 Å². The van der Waals surface area contributed by atoms with Crippen LogP contribution in [0.1, 0.15) is 12.0 Å². The maximum atomic E-state index is 13.1. The summed E-state index contributed by atoms with van der Waals surface area (Å²) >= 11 is 5.43. The lowest BCUT2D eigenvalue weighted by Crippen LogP contribution is -2.07. The van der Waals surface area contributed by atoms with E-state index in [0.29, 0.717) is 17.9 Å². The first-order valence-corrected chi connectivity index (χ1v) is 5.41. The molecule has 1 aromatic rings. The van der Waals surface area contributed by atoms with Gasteiger partial charge in [-0.1, -0.05) is 11.8 Å². The molecule has 0 amide bonds.